The molecule has 0 saturated carbocycles. The van der Waals surface area contributed by atoms with Crippen molar-refractivity contribution in [1.29, 1.82) is 0 Å². The number of benzene rings is 1. The number of H-pyrrole nitrogens is 1. The number of nitrogens with zero attached hydrogens (tertiary/aromatic N) is 2. The van der Waals surface area contributed by atoms with E-state index in [0.717, 1.165) is 28.2 Å². The molecule has 2 heterocycles. The van der Waals surface area contributed by atoms with E-state index >= 15 is 0 Å². The quantitative estimate of drug-likeness (QED) is 0.855. The van der Waals surface area contributed by atoms with E-state index in [1.165, 1.54) is 0 Å². The van der Waals surface area contributed by atoms with Crippen molar-refractivity contribution < 1.29 is 9.59 Å². The zero-order chi connectivity index (χ0) is 15.7. The standard InChI is InChI=1S/C15H17BrN4O2/c1-17-14(21)12-4-2-3-7-20(12)15(22)13-10-8-9(16)5-6-11(10)18-19-13/h5-6,8,12H,2-4,7H2,1H3,(H,17,21)(H,18,19). The smallest absolute Gasteiger partial charge is 0.275 e. The molecule has 1 aromatic heterocycles. The molecule has 1 aromatic carbocycles. The summed E-state index contributed by atoms with van der Waals surface area (Å²) < 4.78 is 0.886. The minimum Gasteiger partial charge on any atom is -0.357 e. The van der Waals surface area contributed by atoms with Gasteiger partial charge in [0.1, 0.15) is 6.04 Å². The second-order valence-corrected chi connectivity index (χ2v) is 6.30. The van der Waals surface area contributed by atoms with E-state index in [4.69, 9.17) is 0 Å². The number of nitrogens with one attached hydrogen (secondary N) is 2. The van der Waals surface area contributed by atoms with Gasteiger partial charge in [0.2, 0.25) is 5.91 Å². The maximum atomic E-state index is 12.9. The Labute approximate surface area is 136 Å². The maximum Gasteiger partial charge on any atom is 0.275 e. The molecule has 6 nitrogen and oxygen atoms in total. The van der Waals surface area contributed by atoms with E-state index in [9.17, 15) is 9.59 Å². The van der Waals surface area contributed by atoms with Crippen molar-refractivity contribution >= 4 is 38.6 Å². The Morgan fingerprint density at radius 1 is 1.41 bits per heavy atom. The summed E-state index contributed by atoms with van der Waals surface area (Å²) in [6.45, 7) is 0.583. The molecule has 0 bridgehead atoms. The lowest BCUT2D eigenvalue weighted by molar-refractivity contribution is -0.126. The molecule has 2 N–H and O–H groups in total. The number of hydrogen-bond acceptors (Lipinski definition) is 3. The van der Waals surface area contributed by atoms with Crippen LogP contribution in [-0.2, 0) is 4.79 Å². The van der Waals surface area contributed by atoms with Crippen LogP contribution in [0, 0.1) is 0 Å². The number of piperidine rings is 1. The summed E-state index contributed by atoms with van der Waals surface area (Å²) in [5, 5.41) is 10.4. The predicted molar refractivity (Wildman–Crippen MR) is 86.5 cm³/mol. The molecule has 22 heavy (non-hydrogen) atoms. The number of likely N-dealkylation sites (N-methyl/N-ethyl adjacent to an activating group) is 1. The van der Waals surface area contributed by atoms with E-state index < -0.39 is 6.04 Å². The van der Waals surface area contributed by atoms with E-state index in [1.807, 2.05) is 18.2 Å². The Hall–Kier alpha value is -1.89. The van der Waals surface area contributed by atoms with Crippen LogP contribution in [0.3, 0.4) is 0 Å². The van der Waals surface area contributed by atoms with Crippen molar-refractivity contribution in [2.45, 2.75) is 25.3 Å². The van der Waals surface area contributed by atoms with E-state index in [0.29, 0.717) is 18.7 Å². The summed E-state index contributed by atoms with van der Waals surface area (Å²) >= 11 is 3.41. The van der Waals surface area contributed by atoms with Crippen LogP contribution in [0.1, 0.15) is 29.8 Å². The van der Waals surface area contributed by atoms with Gasteiger partial charge in [0, 0.05) is 23.5 Å². The Morgan fingerprint density at radius 3 is 3.00 bits per heavy atom. The summed E-state index contributed by atoms with van der Waals surface area (Å²) in [4.78, 5) is 26.5. The van der Waals surface area contributed by atoms with Gasteiger partial charge in [-0.1, -0.05) is 15.9 Å². The first kappa shape index (κ1) is 15.0. The molecule has 2 aromatic rings. The van der Waals surface area contributed by atoms with Crippen LogP contribution in [-0.4, -0.2) is 46.5 Å². The van der Waals surface area contributed by atoms with Gasteiger partial charge in [-0.3, -0.25) is 14.7 Å². The second-order valence-electron chi connectivity index (χ2n) is 5.39. The third-order valence-electron chi connectivity index (χ3n) is 4.04. The number of halogens is 1. The lowest BCUT2D eigenvalue weighted by Gasteiger charge is -2.34. The molecule has 1 aliphatic heterocycles. The molecule has 1 aliphatic rings. The minimum absolute atomic E-state index is 0.117. The van der Waals surface area contributed by atoms with Crippen molar-refractivity contribution in [3.63, 3.8) is 0 Å². The van der Waals surface area contributed by atoms with Gasteiger partial charge in [0.25, 0.3) is 5.91 Å². The number of carbonyl (C=O) groups is 2. The molecule has 2 amide bonds. The Bertz CT molecular complexity index is 727. The Morgan fingerprint density at radius 2 is 2.23 bits per heavy atom. The summed E-state index contributed by atoms with van der Waals surface area (Å²) in [7, 11) is 1.60. The Kier molecular flexibility index (Phi) is 4.15. The molecule has 1 fully saturated rings. The van der Waals surface area contributed by atoms with Gasteiger partial charge in [-0.15, -0.1) is 0 Å². The fourth-order valence-electron chi connectivity index (χ4n) is 2.90. The van der Waals surface area contributed by atoms with Crippen molar-refractivity contribution in [2.75, 3.05) is 13.6 Å². The SMILES string of the molecule is CNC(=O)C1CCCCN1C(=O)c1n[nH]c2ccc(Br)cc12. The summed E-state index contributed by atoms with van der Waals surface area (Å²) in [6, 6.07) is 5.22. The van der Waals surface area contributed by atoms with Crippen LogP contribution in [0.5, 0.6) is 0 Å². The van der Waals surface area contributed by atoms with Gasteiger partial charge < -0.3 is 10.2 Å². The van der Waals surface area contributed by atoms with Crippen LogP contribution >= 0.6 is 15.9 Å². The van der Waals surface area contributed by atoms with Gasteiger partial charge in [-0.05, 0) is 37.5 Å². The van der Waals surface area contributed by atoms with Crippen LogP contribution in [0.2, 0.25) is 0 Å². The van der Waals surface area contributed by atoms with Gasteiger partial charge in [0.15, 0.2) is 5.69 Å². The Balaban J connectivity index is 1.97. The third-order valence-corrected chi connectivity index (χ3v) is 4.53. The highest BCUT2D eigenvalue weighted by molar-refractivity contribution is 9.10. The molecule has 1 atom stereocenters. The van der Waals surface area contributed by atoms with Crippen LogP contribution in [0.4, 0.5) is 0 Å². The third kappa shape index (κ3) is 2.61. The molecule has 116 valence electrons. The van der Waals surface area contributed by atoms with E-state index in [2.05, 4.69) is 31.4 Å². The van der Waals surface area contributed by atoms with Gasteiger partial charge in [-0.25, -0.2) is 0 Å². The molecular formula is C15H17BrN4O2. The van der Waals surface area contributed by atoms with Gasteiger partial charge in [-0.2, -0.15) is 5.10 Å². The maximum absolute atomic E-state index is 12.9. The molecular weight excluding hydrogens is 348 g/mol. The molecule has 1 saturated heterocycles. The number of hydrogen-bond donors (Lipinski definition) is 2. The lowest BCUT2D eigenvalue weighted by atomic mass is 10.0. The fraction of sp³-hybridized carbons (Fsp3) is 0.400. The van der Waals surface area contributed by atoms with Gasteiger partial charge >= 0.3 is 0 Å². The number of amides is 2. The molecule has 0 radical (unpaired) electrons. The number of fused-ring (bicyclic) bond motifs is 1. The average Bonchev–Trinajstić information content (AvgIpc) is 2.96. The van der Waals surface area contributed by atoms with Crippen LogP contribution < -0.4 is 5.32 Å². The van der Waals surface area contributed by atoms with Crippen molar-refractivity contribution in [2.24, 2.45) is 0 Å². The molecule has 7 heteroatoms. The summed E-state index contributed by atoms with van der Waals surface area (Å²) in [5.74, 6) is -0.313. The number of carbonyl (C=O) groups excluding carboxylic acids is 2. The highest BCUT2D eigenvalue weighted by Crippen LogP contribution is 2.25. The largest absolute Gasteiger partial charge is 0.357 e. The minimum atomic E-state index is -0.412. The monoisotopic (exact) mass is 364 g/mol. The lowest BCUT2D eigenvalue weighted by Crippen LogP contribution is -2.51. The van der Waals surface area contributed by atoms with Crippen molar-refractivity contribution in [3.05, 3.63) is 28.4 Å². The fourth-order valence-corrected chi connectivity index (χ4v) is 3.26. The zero-order valence-corrected chi connectivity index (χ0v) is 13.8. The number of likely N-dealkylation sites (tertiary alicyclic amines) is 1. The summed E-state index contributed by atoms with van der Waals surface area (Å²) in [5.41, 5.74) is 1.17. The van der Waals surface area contributed by atoms with Crippen LogP contribution in [0.25, 0.3) is 10.9 Å². The molecule has 0 aliphatic carbocycles. The second kappa shape index (κ2) is 6.08. The summed E-state index contributed by atoms with van der Waals surface area (Å²) in [6.07, 6.45) is 2.55. The van der Waals surface area contributed by atoms with E-state index in [1.54, 1.807) is 11.9 Å². The highest BCUT2D eigenvalue weighted by Gasteiger charge is 2.33. The van der Waals surface area contributed by atoms with Crippen molar-refractivity contribution in [1.82, 2.24) is 20.4 Å². The van der Waals surface area contributed by atoms with Crippen LogP contribution in [0.15, 0.2) is 22.7 Å². The number of aromatic amines is 1. The van der Waals surface area contributed by atoms with E-state index in [-0.39, 0.29) is 11.8 Å². The molecule has 3 rings (SSSR count). The zero-order valence-electron chi connectivity index (χ0n) is 12.2. The normalized spacial score (nSPS) is 18.5. The predicted octanol–water partition coefficient (Wildman–Crippen LogP) is 2.07. The first-order valence-corrected chi connectivity index (χ1v) is 8.07. The first-order chi connectivity index (χ1) is 10.6. The molecule has 1 unspecified atom stereocenters. The molecule has 0 spiro atoms. The highest BCUT2D eigenvalue weighted by atomic mass is 79.9. The van der Waals surface area contributed by atoms with Gasteiger partial charge in [0.05, 0.1) is 5.52 Å². The number of rotatable bonds is 2. The van der Waals surface area contributed by atoms with Crippen molar-refractivity contribution in [3.8, 4) is 0 Å². The average molecular weight is 365 g/mol. The topological polar surface area (TPSA) is 78.1 Å². The number of aromatic nitrogens is 2. The first-order valence-electron chi connectivity index (χ1n) is 7.28.